The summed E-state index contributed by atoms with van der Waals surface area (Å²) >= 11 is 0. The Kier molecular flexibility index (Phi) is 3.88. The van der Waals surface area contributed by atoms with Crippen molar-refractivity contribution in [2.24, 2.45) is 5.41 Å². The van der Waals surface area contributed by atoms with Gasteiger partial charge in [0.1, 0.15) is 5.41 Å². The van der Waals surface area contributed by atoms with Crippen LogP contribution in [-0.4, -0.2) is 48.8 Å². The van der Waals surface area contributed by atoms with E-state index < -0.39 is 5.41 Å². The first-order valence-electron chi connectivity index (χ1n) is 7.07. The highest BCUT2D eigenvalue weighted by Gasteiger charge is 2.58. The maximum atomic E-state index is 12.8. The van der Waals surface area contributed by atoms with Crippen LogP contribution in [0, 0.1) is 5.41 Å². The van der Waals surface area contributed by atoms with E-state index in [4.69, 9.17) is 0 Å². The monoisotopic (exact) mass is 277 g/mol. The topological polar surface area (TPSA) is 52.7 Å². The van der Waals surface area contributed by atoms with Gasteiger partial charge in [-0.25, -0.2) is 0 Å². The predicted octanol–water partition coefficient (Wildman–Crippen LogP) is 1.09. The fourth-order valence-corrected chi connectivity index (χ4v) is 2.67. The van der Waals surface area contributed by atoms with Gasteiger partial charge in [-0.05, 0) is 32.8 Å². The first-order chi connectivity index (χ1) is 9.47. The fourth-order valence-electron chi connectivity index (χ4n) is 2.67. The molecule has 2 amide bonds. The Hall–Kier alpha value is -1.78. The zero-order valence-electron chi connectivity index (χ0n) is 12.7. The number of nitrogens with zero attached hydrogens (tertiary/aromatic N) is 2. The summed E-state index contributed by atoms with van der Waals surface area (Å²) in [7, 11) is 3.61. The molecule has 5 nitrogen and oxygen atoms in total. The maximum absolute atomic E-state index is 12.8. The van der Waals surface area contributed by atoms with Crippen molar-refractivity contribution < 1.29 is 9.59 Å². The van der Waals surface area contributed by atoms with Crippen LogP contribution in [0.25, 0.3) is 0 Å². The summed E-state index contributed by atoms with van der Waals surface area (Å²) in [6.45, 7) is 5.37. The molecular formula is C15H23N3O2. The molecule has 0 atom stereocenters. The van der Waals surface area contributed by atoms with Crippen molar-refractivity contribution in [2.75, 3.05) is 27.2 Å². The molecule has 0 bridgehead atoms. The van der Waals surface area contributed by atoms with Gasteiger partial charge in [0.25, 0.3) is 0 Å². The van der Waals surface area contributed by atoms with Crippen LogP contribution in [0.2, 0.25) is 0 Å². The summed E-state index contributed by atoms with van der Waals surface area (Å²) in [5.41, 5.74) is 1.15. The van der Waals surface area contributed by atoms with Crippen LogP contribution in [0.15, 0.2) is 23.5 Å². The Morgan fingerprint density at radius 2 is 1.95 bits per heavy atom. The molecular weight excluding hydrogens is 254 g/mol. The minimum Gasteiger partial charge on any atom is -0.375 e. The van der Waals surface area contributed by atoms with Crippen LogP contribution in [0.3, 0.4) is 0 Å². The number of rotatable bonds is 3. The maximum Gasteiger partial charge on any atom is 0.242 e. The van der Waals surface area contributed by atoms with Crippen LogP contribution >= 0.6 is 0 Å². The Labute approximate surface area is 120 Å². The van der Waals surface area contributed by atoms with E-state index in [-0.39, 0.29) is 11.8 Å². The summed E-state index contributed by atoms with van der Waals surface area (Å²) in [6.07, 6.45) is 5.18. The normalized spacial score (nSPS) is 21.4. The Balaban J connectivity index is 2.32. The van der Waals surface area contributed by atoms with E-state index in [2.05, 4.69) is 10.2 Å². The molecule has 0 radical (unpaired) electrons. The van der Waals surface area contributed by atoms with Gasteiger partial charge in [0, 0.05) is 32.9 Å². The van der Waals surface area contributed by atoms with Gasteiger partial charge in [0.2, 0.25) is 11.8 Å². The number of likely N-dealkylation sites (N-methyl/N-ethyl adjacent to an activating group) is 1. The zero-order valence-corrected chi connectivity index (χ0v) is 12.7. The lowest BCUT2D eigenvalue weighted by molar-refractivity contribution is -0.142. The molecule has 1 fully saturated rings. The third-order valence-corrected chi connectivity index (χ3v) is 4.28. The second kappa shape index (κ2) is 5.31. The second-order valence-corrected chi connectivity index (χ2v) is 5.51. The molecule has 1 N–H and O–H groups in total. The minimum absolute atomic E-state index is 0.0580. The minimum atomic E-state index is -0.822. The molecule has 2 rings (SSSR count). The molecule has 20 heavy (non-hydrogen) atoms. The lowest BCUT2D eigenvalue weighted by atomic mass is 10.0. The lowest BCUT2D eigenvalue weighted by Crippen LogP contribution is -2.48. The number of allylic oxidation sites excluding steroid dienone is 3. The van der Waals surface area contributed by atoms with Gasteiger partial charge in [-0.15, -0.1) is 0 Å². The summed E-state index contributed by atoms with van der Waals surface area (Å²) < 4.78 is 0. The molecule has 1 aliphatic heterocycles. The Bertz CT molecular complexity index is 489. The quantitative estimate of drug-likeness (QED) is 0.786. The highest BCUT2D eigenvalue weighted by atomic mass is 16.2. The molecule has 1 heterocycles. The largest absolute Gasteiger partial charge is 0.375 e. The third-order valence-electron chi connectivity index (χ3n) is 4.28. The van der Waals surface area contributed by atoms with E-state index in [9.17, 15) is 9.59 Å². The molecule has 1 aliphatic carbocycles. The van der Waals surface area contributed by atoms with Crippen LogP contribution in [0.1, 0.15) is 26.7 Å². The average Bonchev–Trinajstić information content (AvgIpc) is 3.24. The number of carbonyl (C=O) groups is 2. The molecule has 5 heteroatoms. The zero-order chi connectivity index (χ0) is 14.9. The standard InChI is InChI=1S/C15H23N3O2/c1-5-6-12-11(2)17(4)9-10-18(12)14(20)15(7-8-15)13(19)16-3/h5-6H,7-10H2,1-4H3,(H,16,19)/b6-5-. The van der Waals surface area contributed by atoms with Crippen LogP contribution in [0.5, 0.6) is 0 Å². The van der Waals surface area contributed by atoms with E-state index in [0.717, 1.165) is 17.9 Å². The van der Waals surface area contributed by atoms with E-state index in [0.29, 0.717) is 19.4 Å². The molecule has 110 valence electrons. The highest BCUT2D eigenvalue weighted by Crippen LogP contribution is 2.48. The predicted molar refractivity (Wildman–Crippen MR) is 77.6 cm³/mol. The molecule has 0 aromatic rings. The summed E-state index contributed by atoms with van der Waals surface area (Å²) in [4.78, 5) is 28.7. The first-order valence-corrected chi connectivity index (χ1v) is 7.07. The molecule has 0 aromatic heterocycles. The SMILES string of the molecule is C/C=C\C1=C(C)N(C)CCN1C(=O)C1(C(=O)NC)CC1. The first kappa shape index (κ1) is 14.6. The molecule has 0 saturated heterocycles. The number of hydrogen-bond donors (Lipinski definition) is 1. The molecule has 2 aliphatic rings. The molecule has 0 aromatic carbocycles. The van der Waals surface area contributed by atoms with Crippen molar-refractivity contribution in [3.63, 3.8) is 0 Å². The van der Waals surface area contributed by atoms with Crippen molar-refractivity contribution in [1.29, 1.82) is 0 Å². The van der Waals surface area contributed by atoms with Gasteiger partial charge in [0.05, 0.1) is 5.70 Å². The van der Waals surface area contributed by atoms with Crippen LogP contribution in [-0.2, 0) is 9.59 Å². The Morgan fingerprint density at radius 1 is 1.30 bits per heavy atom. The lowest BCUT2D eigenvalue weighted by Gasteiger charge is -2.37. The van der Waals surface area contributed by atoms with Crippen molar-refractivity contribution in [1.82, 2.24) is 15.1 Å². The smallest absolute Gasteiger partial charge is 0.242 e. The summed E-state index contributed by atoms with van der Waals surface area (Å²) in [6, 6.07) is 0. The fraction of sp³-hybridized carbons (Fsp3) is 0.600. The van der Waals surface area contributed by atoms with E-state index >= 15 is 0 Å². The van der Waals surface area contributed by atoms with Gasteiger partial charge in [0.15, 0.2) is 0 Å². The van der Waals surface area contributed by atoms with Gasteiger partial charge < -0.3 is 15.1 Å². The summed E-state index contributed by atoms with van der Waals surface area (Å²) in [5, 5.41) is 2.62. The molecule has 0 unspecified atom stereocenters. The van der Waals surface area contributed by atoms with Crippen molar-refractivity contribution in [2.45, 2.75) is 26.7 Å². The number of amides is 2. The number of nitrogens with one attached hydrogen (secondary N) is 1. The Morgan fingerprint density at radius 3 is 2.45 bits per heavy atom. The molecule has 1 saturated carbocycles. The number of carbonyl (C=O) groups excluding carboxylic acids is 2. The van der Waals surface area contributed by atoms with Gasteiger partial charge in [-0.2, -0.15) is 0 Å². The van der Waals surface area contributed by atoms with Crippen LogP contribution in [0.4, 0.5) is 0 Å². The van der Waals surface area contributed by atoms with Crippen molar-refractivity contribution in [3.8, 4) is 0 Å². The summed E-state index contributed by atoms with van der Waals surface area (Å²) in [5.74, 6) is -0.212. The highest BCUT2D eigenvalue weighted by molar-refractivity contribution is 6.08. The van der Waals surface area contributed by atoms with Crippen LogP contribution < -0.4 is 5.32 Å². The van der Waals surface area contributed by atoms with E-state index in [1.807, 2.05) is 33.0 Å². The van der Waals surface area contributed by atoms with Gasteiger partial charge in [-0.3, -0.25) is 9.59 Å². The van der Waals surface area contributed by atoms with Crippen molar-refractivity contribution in [3.05, 3.63) is 23.5 Å². The third kappa shape index (κ3) is 2.21. The van der Waals surface area contributed by atoms with E-state index in [1.165, 1.54) is 0 Å². The second-order valence-electron chi connectivity index (χ2n) is 5.51. The molecule has 0 spiro atoms. The van der Waals surface area contributed by atoms with Gasteiger partial charge >= 0.3 is 0 Å². The van der Waals surface area contributed by atoms with E-state index in [1.54, 1.807) is 11.9 Å². The van der Waals surface area contributed by atoms with Gasteiger partial charge in [-0.1, -0.05) is 6.08 Å². The number of hydrogen-bond acceptors (Lipinski definition) is 3. The average molecular weight is 277 g/mol. The van der Waals surface area contributed by atoms with Crippen molar-refractivity contribution >= 4 is 11.8 Å².